The molecule has 1 aliphatic rings. The van der Waals surface area contributed by atoms with Crippen molar-refractivity contribution in [2.75, 3.05) is 25.7 Å². The molecule has 1 aliphatic heterocycles. The summed E-state index contributed by atoms with van der Waals surface area (Å²) < 4.78 is 81.4. The first-order chi connectivity index (χ1) is 18.0. The number of methoxy groups -OCH3 is 2. The van der Waals surface area contributed by atoms with E-state index in [0.29, 0.717) is 22.6 Å². The highest BCUT2D eigenvalue weighted by atomic mass is 19.4. The molecule has 0 aliphatic carbocycles. The molecular weight excluding hydrogens is 517 g/mol. The van der Waals surface area contributed by atoms with Crippen LogP contribution in [0.5, 0.6) is 5.75 Å². The highest BCUT2D eigenvalue weighted by molar-refractivity contribution is 6.06. The van der Waals surface area contributed by atoms with Crippen LogP contribution in [-0.4, -0.2) is 39.2 Å². The number of hydrogen-bond donors (Lipinski definition) is 1. The largest absolute Gasteiger partial charge is 0.485 e. The molecule has 200 valence electrons. The van der Waals surface area contributed by atoms with Crippen molar-refractivity contribution in [1.29, 1.82) is 5.26 Å². The summed E-state index contributed by atoms with van der Waals surface area (Å²) >= 11 is 0. The van der Waals surface area contributed by atoms with Crippen LogP contribution in [-0.2, 0) is 25.2 Å². The second kappa shape index (κ2) is 11.2. The van der Waals surface area contributed by atoms with Crippen molar-refractivity contribution in [3.63, 3.8) is 0 Å². The highest BCUT2D eigenvalue weighted by Gasteiger charge is 2.44. The van der Waals surface area contributed by atoms with Crippen molar-refractivity contribution in [2.24, 2.45) is 5.73 Å². The predicted octanol–water partition coefficient (Wildman–Crippen LogP) is 4.25. The number of hydrogen-bond acceptors (Lipinski definition) is 8. The lowest BCUT2D eigenvalue weighted by Gasteiger charge is -2.36. The lowest BCUT2D eigenvalue weighted by Crippen LogP contribution is -2.41. The Morgan fingerprint density at radius 2 is 1.71 bits per heavy atom. The minimum Gasteiger partial charge on any atom is -0.485 e. The molecular formula is C25H20F5N3O5. The number of rotatable bonds is 7. The SMILES string of the molecule is COC(=O)C1=C(C(=O)OC)N(c2cc(C(F)(F)F)ccc2OCC(F)F)C(N)=C(C#N)C1c1ccccc1. The van der Waals surface area contributed by atoms with Gasteiger partial charge in [-0.15, -0.1) is 0 Å². The molecule has 0 aromatic heterocycles. The summed E-state index contributed by atoms with van der Waals surface area (Å²) in [5.74, 6) is -4.73. The van der Waals surface area contributed by atoms with Gasteiger partial charge in [-0.25, -0.2) is 18.4 Å². The summed E-state index contributed by atoms with van der Waals surface area (Å²) in [4.78, 5) is 26.8. The van der Waals surface area contributed by atoms with E-state index in [2.05, 4.69) is 0 Å². The Morgan fingerprint density at radius 1 is 1.08 bits per heavy atom. The molecule has 1 unspecified atom stereocenters. The number of anilines is 1. The molecule has 0 amide bonds. The van der Waals surface area contributed by atoms with Crippen molar-refractivity contribution in [1.82, 2.24) is 0 Å². The molecule has 1 heterocycles. The number of nitrogens with zero attached hydrogens (tertiary/aromatic N) is 2. The fourth-order valence-corrected chi connectivity index (χ4v) is 3.91. The zero-order chi connectivity index (χ0) is 28.2. The molecule has 13 heteroatoms. The van der Waals surface area contributed by atoms with E-state index in [-0.39, 0.29) is 5.57 Å². The maximum atomic E-state index is 13.6. The van der Waals surface area contributed by atoms with E-state index < -0.39 is 71.2 Å². The second-order valence-electron chi connectivity index (χ2n) is 7.72. The number of nitriles is 1. The van der Waals surface area contributed by atoms with Crippen LogP contribution in [0.2, 0.25) is 0 Å². The molecule has 38 heavy (non-hydrogen) atoms. The molecule has 0 saturated carbocycles. The van der Waals surface area contributed by atoms with Crippen molar-refractivity contribution in [2.45, 2.75) is 18.5 Å². The Morgan fingerprint density at radius 3 is 2.24 bits per heavy atom. The number of ether oxygens (including phenoxy) is 3. The normalized spacial score (nSPS) is 15.9. The van der Waals surface area contributed by atoms with Gasteiger partial charge in [-0.2, -0.15) is 18.4 Å². The molecule has 2 N–H and O–H groups in total. The van der Waals surface area contributed by atoms with Gasteiger partial charge in [0.05, 0.1) is 48.6 Å². The van der Waals surface area contributed by atoms with Gasteiger partial charge in [-0.1, -0.05) is 30.3 Å². The summed E-state index contributed by atoms with van der Waals surface area (Å²) in [5.41, 5.74) is 3.20. The molecule has 8 nitrogen and oxygen atoms in total. The van der Waals surface area contributed by atoms with Crippen molar-refractivity contribution >= 4 is 17.6 Å². The fourth-order valence-electron chi connectivity index (χ4n) is 3.91. The lowest BCUT2D eigenvalue weighted by atomic mass is 9.81. The van der Waals surface area contributed by atoms with Gasteiger partial charge in [0.25, 0.3) is 6.43 Å². The maximum absolute atomic E-state index is 13.6. The van der Waals surface area contributed by atoms with Gasteiger partial charge in [0, 0.05) is 0 Å². The van der Waals surface area contributed by atoms with Crippen LogP contribution in [0.3, 0.4) is 0 Å². The predicted molar refractivity (Wildman–Crippen MR) is 122 cm³/mol. The zero-order valence-corrected chi connectivity index (χ0v) is 19.9. The van der Waals surface area contributed by atoms with Crippen LogP contribution in [0.1, 0.15) is 17.0 Å². The Kier molecular flexibility index (Phi) is 8.25. The van der Waals surface area contributed by atoms with E-state index in [4.69, 9.17) is 19.9 Å². The number of esters is 2. The number of alkyl halides is 5. The average molecular weight is 537 g/mol. The van der Waals surface area contributed by atoms with E-state index in [1.807, 2.05) is 6.07 Å². The van der Waals surface area contributed by atoms with Crippen molar-refractivity contribution in [3.05, 3.63) is 82.3 Å². The van der Waals surface area contributed by atoms with Crippen LogP contribution in [0.4, 0.5) is 27.6 Å². The first-order valence-corrected chi connectivity index (χ1v) is 10.7. The Bertz CT molecular complexity index is 1330. The molecule has 2 aromatic carbocycles. The van der Waals surface area contributed by atoms with Gasteiger partial charge in [0.1, 0.15) is 23.9 Å². The zero-order valence-electron chi connectivity index (χ0n) is 19.9. The third-order valence-corrected chi connectivity index (χ3v) is 5.50. The average Bonchev–Trinajstić information content (AvgIpc) is 2.90. The number of nitrogens with two attached hydrogens (primary N) is 1. The van der Waals surface area contributed by atoms with Crippen molar-refractivity contribution in [3.8, 4) is 11.8 Å². The number of carbonyl (C=O) groups excluding carboxylic acids is 2. The quantitative estimate of drug-likeness (QED) is 0.412. The third-order valence-electron chi connectivity index (χ3n) is 5.50. The molecule has 0 spiro atoms. The third kappa shape index (κ3) is 5.39. The van der Waals surface area contributed by atoms with Gasteiger partial charge in [-0.3, -0.25) is 4.90 Å². The summed E-state index contributed by atoms with van der Waals surface area (Å²) in [6.45, 7) is -1.21. The first-order valence-electron chi connectivity index (χ1n) is 10.7. The minimum absolute atomic E-state index is 0.326. The number of carbonyl (C=O) groups is 2. The summed E-state index contributed by atoms with van der Waals surface area (Å²) in [7, 11) is 1.94. The standard InChI is InChI=1S/C25H20F5N3O5/c1-36-23(34)20-19(13-6-4-3-5-7-13)15(11-31)22(32)33(21(20)24(35)37-2)16-10-14(25(28,29)30)8-9-17(16)38-12-18(26)27/h3-10,18-19H,12,32H2,1-2H3. The van der Waals surface area contributed by atoms with Crippen LogP contribution in [0.15, 0.2) is 71.2 Å². The molecule has 1 atom stereocenters. The van der Waals surface area contributed by atoms with E-state index in [1.54, 1.807) is 18.2 Å². The molecule has 0 fully saturated rings. The van der Waals surface area contributed by atoms with E-state index in [1.165, 1.54) is 12.1 Å². The van der Waals surface area contributed by atoms with E-state index in [9.17, 15) is 36.8 Å². The molecule has 2 aromatic rings. The Labute approximate surface area is 213 Å². The maximum Gasteiger partial charge on any atom is 0.416 e. The smallest absolute Gasteiger partial charge is 0.416 e. The summed E-state index contributed by atoms with van der Waals surface area (Å²) in [6.07, 6.45) is -7.91. The number of allylic oxidation sites excluding steroid dienone is 1. The lowest BCUT2D eigenvalue weighted by molar-refractivity contribution is -0.139. The van der Waals surface area contributed by atoms with Gasteiger partial charge in [-0.05, 0) is 23.8 Å². The van der Waals surface area contributed by atoms with Gasteiger partial charge in [0.15, 0.2) is 0 Å². The first kappa shape index (κ1) is 28.0. The summed E-state index contributed by atoms with van der Waals surface area (Å²) in [6, 6.07) is 11.6. The van der Waals surface area contributed by atoms with E-state index in [0.717, 1.165) is 20.3 Å². The molecule has 0 bridgehead atoms. The minimum atomic E-state index is -4.91. The Balaban J connectivity index is 2.46. The molecule has 0 radical (unpaired) electrons. The highest BCUT2D eigenvalue weighted by Crippen LogP contribution is 2.46. The number of benzene rings is 2. The monoisotopic (exact) mass is 537 g/mol. The number of halogens is 5. The summed E-state index contributed by atoms with van der Waals surface area (Å²) in [5, 5.41) is 10.0. The van der Waals surface area contributed by atoms with Crippen LogP contribution < -0.4 is 15.4 Å². The van der Waals surface area contributed by atoms with Crippen LogP contribution in [0, 0.1) is 11.3 Å². The Hall–Kier alpha value is -4.60. The van der Waals surface area contributed by atoms with Gasteiger partial charge >= 0.3 is 18.1 Å². The molecule has 0 saturated heterocycles. The second-order valence-corrected chi connectivity index (χ2v) is 7.72. The van der Waals surface area contributed by atoms with Crippen LogP contribution >= 0.6 is 0 Å². The van der Waals surface area contributed by atoms with Gasteiger partial charge in [0.2, 0.25) is 0 Å². The molecule has 3 rings (SSSR count). The van der Waals surface area contributed by atoms with Gasteiger partial charge < -0.3 is 19.9 Å². The van der Waals surface area contributed by atoms with Crippen molar-refractivity contribution < 1.29 is 45.8 Å². The topological polar surface area (TPSA) is 115 Å². The fraction of sp³-hybridized carbons (Fsp3) is 0.240. The van der Waals surface area contributed by atoms with Crippen LogP contribution in [0.25, 0.3) is 0 Å². The van der Waals surface area contributed by atoms with E-state index >= 15 is 0 Å².